The molecule has 0 aliphatic heterocycles. The van der Waals surface area contributed by atoms with E-state index in [0.29, 0.717) is 0 Å². The Morgan fingerprint density at radius 2 is 1.43 bits per heavy atom. The Balaban J connectivity index is -0.0000000800. The number of hydrogen-bond donors (Lipinski definition) is 0. The summed E-state index contributed by atoms with van der Waals surface area (Å²) in [5.41, 5.74) is 0. The molecule has 7 heteroatoms. The molecule has 0 atom stereocenters. The van der Waals surface area contributed by atoms with Crippen LogP contribution in [0.3, 0.4) is 0 Å². The van der Waals surface area contributed by atoms with Crippen molar-refractivity contribution in [3.8, 4) is 0 Å². The third-order valence-electron chi connectivity index (χ3n) is 0. The zero-order chi connectivity index (χ0) is 4.50. The second-order valence-electron chi connectivity index (χ2n) is 0.393. The largest absolute Gasteiger partial charge is 3.00 e. The molecular formula is F2FeO3S+. The third-order valence-corrected chi connectivity index (χ3v) is 0. The van der Waals surface area contributed by atoms with E-state index in [2.05, 4.69) is 0 Å². The van der Waals surface area contributed by atoms with E-state index in [1.165, 1.54) is 0 Å². The molecule has 3 nitrogen and oxygen atoms in total. The molecule has 0 aromatic carbocycles. The minimum Gasteiger partial charge on any atom is -1.00 e. The van der Waals surface area contributed by atoms with Gasteiger partial charge in [0.25, 0.3) is 10.5 Å². The molecule has 0 aliphatic rings. The molecule has 0 unspecified atom stereocenters. The van der Waals surface area contributed by atoms with Gasteiger partial charge < -0.3 is 9.26 Å². The summed E-state index contributed by atoms with van der Waals surface area (Å²) in [4.78, 5) is 0. The normalized spacial score (nSPS) is 8.29. The van der Waals surface area contributed by atoms with Crippen molar-refractivity contribution in [2.75, 3.05) is 0 Å². The van der Waals surface area contributed by atoms with Crippen LogP contribution < -0.4 is 4.70 Å². The summed E-state index contributed by atoms with van der Waals surface area (Å²) in [7, 11) is -5.42. The van der Waals surface area contributed by atoms with Gasteiger partial charge >= 0.3 is 17.1 Å². The van der Waals surface area contributed by atoms with Crippen molar-refractivity contribution in [2.45, 2.75) is 0 Å². The molecule has 1 radical (unpaired) electrons. The first-order valence-corrected chi connectivity index (χ1v) is 1.96. The van der Waals surface area contributed by atoms with Gasteiger partial charge in [0.05, 0.1) is 0 Å². The van der Waals surface area contributed by atoms with E-state index in [9.17, 15) is 3.89 Å². The summed E-state index contributed by atoms with van der Waals surface area (Å²) in [6, 6.07) is 0. The van der Waals surface area contributed by atoms with Crippen molar-refractivity contribution in [1.82, 2.24) is 0 Å². The molecule has 0 fully saturated rings. The maximum absolute atomic E-state index is 10.1. The molecule has 0 N–H and O–H groups in total. The van der Waals surface area contributed by atoms with Crippen molar-refractivity contribution >= 4 is 10.5 Å². The molecule has 0 saturated heterocycles. The smallest absolute Gasteiger partial charge is 1.00 e. The van der Waals surface area contributed by atoms with E-state index < -0.39 is 10.5 Å². The average molecular weight is 174 g/mol. The second-order valence-corrected chi connectivity index (χ2v) is 1.18. The summed E-state index contributed by atoms with van der Waals surface area (Å²) in [6.07, 6.45) is 0. The van der Waals surface area contributed by atoms with E-state index in [0.717, 1.165) is 0 Å². The first-order chi connectivity index (χ1) is 2.00. The van der Waals surface area contributed by atoms with Gasteiger partial charge in [0.1, 0.15) is 0 Å². The minimum absolute atomic E-state index is 0. The molecule has 0 saturated carbocycles. The van der Waals surface area contributed by atoms with E-state index in [1.54, 1.807) is 0 Å². The average Bonchev–Trinajstić information content (AvgIpc) is 0.722. The van der Waals surface area contributed by atoms with E-state index >= 15 is 0 Å². The van der Waals surface area contributed by atoms with Crippen LogP contribution in [0.5, 0.6) is 0 Å². The van der Waals surface area contributed by atoms with Crippen molar-refractivity contribution in [1.29, 1.82) is 0 Å². The number of halogens is 2. The van der Waals surface area contributed by atoms with Crippen LogP contribution in [0.4, 0.5) is 3.89 Å². The summed E-state index contributed by atoms with van der Waals surface area (Å²) >= 11 is 0. The Labute approximate surface area is 49.8 Å². The van der Waals surface area contributed by atoms with Gasteiger partial charge in [-0.25, -0.2) is 8.42 Å². The maximum Gasteiger partial charge on any atom is 3.00 e. The van der Waals surface area contributed by atoms with Crippen LogP contribution in [-0.2, 0) is 27.6 Å². The summed E-state index contributed by atoms with van der Waals surface area (Å²) in [5, 5.41) is 0. The van der Waals surface area contributed by atoms with Gasteiger partial charge in [0, 0.05) is 0 Å². The molecule has 7 heavy (non-hydrogen) atoms. The quantitative estimate of drug-likeness (QED) is 0.216. The van der Waals surface area contributed by atoms with Crippen molar-refractivity contribution < 1.29 is 38.6 Å². The number of hydrogen-bond acceptors (Lipinski definition) is 3. The van der Waals surface area contributed by atoms with Crippen molar-refractivity contribution in [3.05, 3.63) is 0 Å². The Morgan fingerprint density at radius 3 is 1.43 bits per heavy atom. The fourth-order valence-electron chi connectivity index (χ4n) is 0. The predicted octanol–water partition coefficient (Wildman–Crippen LogP) is -3.58. The second kappa shape index (κ2) is 4.45. The van der Waals surface area contributed by atoms with Gasteiger partial charge in [-0.2, -0.15) is 0 Å². The molecule has 0 heterocycles. The molecule has 0 bridgehead atoms. The van der Waals surface area contributed by atoms with Crippen LogP contribution in [0.1, 0.15) is 0 Å². The molecule has 0 aliphatic carbocycles. The SMILES string of the molecule is O=S(=O)([O-])F.[F-].[Fe+3]. The Hall–Kier alpha value is 0.289. The Morgan fingerprint density at radius 1 is 1.43 bits per heavy atom. The van der Waals surface area contributed by atoms with E-state index in [1.807, 2.05) is 0 Å². The van der Waals surface area contributed by atoms with E-state index in [4.69, 9.17) is 13.0 Å². The van der Waals surface area contributed by atoms with Crippen LogP contribution in [0.25, 0.3) is 0 Å². The van der Waals surface area contributed by atoms with Crippen molar-refractivity contribution in [3.63, 3.8) is 0 Å². The van der Waals surface area contributed by atoms with Crippen LogP contribution in [0.15, 0.2) is 0 Å². The third kappa shape index (κ3) is 1380. The summed E-state index contributed by atoms with van der Waals surface area (Å²) in [6.45, 7) is 0. The van der Waals surface area contributed by atoms with Crippen molar-refractivity contribution in [2.24, 2.45) is 0 Å². The predicted molar refractivity (Wildman–Crippen MR) is 10.8 cm³/mol. The van der Waals surface area contributed by atoms with Crippen LogP contribution in [-0.4, -0.2) is 13.0 Å². The minimum atomic E-state index is -5.42. The molecule has 0 spiro atoms. The van der Waals surface area contributed by atoms with E-state index in [-0.39, 0.29) is 21.8 Å². The molecular weight excluding hydrogens is 174 g/mol. The van der Waals surface area contributed by atoms with Gasteiger partial charge in [-0.1, -0.05) is 0 Å². The molecule has 0 rings (SSSR count). The molecule has 0 aromatic heterocycles. The summed E-state index contributed by atoms with van der Waals surface area (Å²) < 4.78 is 35.3. The van der Waals surface area contributed by atoms with Gasteiger partial charge in [0.2, 0.25) is 0 Å². The first-order valence-electron chi connectivity index (χ1n) is 0.654. The monoisotopic (exact) mass is 174 g/mol. The zero-order valence-electron chi connectivity index (χ0n) is 2.74. The number of rotatable bonds is 0. The summed E-state index contributed by atoms with van der Waals surface area (Å²) in [5.74, 6) is 0. The maximum atomic E-state index is 10.1. The first kappa shape index (κ1) is 15.7. The van der Waals surface area contributed by atoms with Crippen LogP contribution in [0.2, 0.25) is 0 Å². The van der Waals surface area contributed by atoms with Gasteiger partial charge in [-0.3, -0.25) is 0 Å². The molecule has 0 aromatic rings. The zero-order valence-corrected chi connectivity index (χ0v) is 4.66. The fraction of sp³-hybridized carbons (Fsp3) is 0. The topological polar surface area (TPSA) is 57.2 Å². The standard InChI is InChI=1S/FHO3S.FH.Fe/c1-5(2,3)4;;/h(H,2,3,4);1H;/q;;+3/p-2. The van der Waals surface area contributed by atoms with Crippen LogP contribution in [0, 0.1) is 0 Å². The van der Waals surface area contributed by atoms with Crippen LogP contribution >= 0.6 is 0 Å². The Bertz CT molecular complexity index is 96.1. The van der Waals surface area contributed by atoms with Gasteiger partial charge in [-0.15, -0.1) is 3.89 Å². The van der Waals surface area contributed by atoms with Gasteiger partial charge in [0.15, 0.2) is 0 Å². The molecule has 0 amide bonds. The molecule has 45 valence electrons. The Kier molecular flexibility index (Phi) is 9.96. The van der Waals surface area contributed by atoms with Gasteiger partial charge in [-0.05, 0) is 0 Å². The fourth-order valence-corrected chi connectivity index (χ4v) is 0.